The SMILES string of the molecule is CCN(CC)c1nc(Nc2ccccc2)c2cc(Br)ccc2n1. The van der Waals surface area contributed by atoms with E-state index in [-0.39, 0.29) is 0 Å². The van der Waals surface area contributed by atoms with E-state index in [9.17, 15) is 0 Å². The van der Waals surface area contributed by atoms with Crippen molar-refractivity contribution in [3.8, 4) is 0 Å². The van der Waals surface area contributed by atoms with Crippen molar-refractivity contribution < 1.29 is 0 Å². The summed E-state index contributed by atoms with van der Waals surface area (Å²) in [6.07, 6.45) is 0. The normalized spacial score (nSPS) is 10.7. The summed E-state index contributed by atoms with van der Waals surface area (Å²) in [6, 6.07) is 16.2. The molecular weight excluding hydrogens is 352 g/mol. The molecule has 0 atom stereocenters. The Morgan fingerprint density at radius 3 is 2.43 bits per heavy atom. The van der Waals surface area contributed by atoms with E-state index in [4.69, 9.17) is 9.97 Å². The molecule has 0 amide bonds. The number of fused-ring (bicyclic) bond motifs is 1. The van der Waals surface area contributed by atoms with E-state index < -0.39 is 0 Å². The third-order valence-corrected chi connectivity index (χ3v) is 4.22. The fourth-order valence-electron chi connectivity index (χ4n) is 2.49. The number of hydrogen-bond donors (Lipinski definition) is 1. The van der Waals surface area contributed by atoms with Crippen molar-refractivity contribution in [3.63, 3.8) is 0 Å². The van der Waals surface area contributed by atoms with Crippen LogP contribution in [0.3, 0.4) is 0 Å². The lowest BCUT2D eigenvalue weighted by atomic mass is 10.2. The van der Waals surface area contributed by atoms with Gasteiger partial charge in [0, 0.05) is 28.6 Å². The first kappa shape index (κ1) is 15.7. The average molecular weight is 371 g/mol. The number of para-hydroxylation sites is 1. The van der Waals surface area contributed by atoms with Crippen LogP contribution in [0.4, 0.5) is 17.5 Å². The van der Waals surface area contributed by atoms with Crippen LogP contribution in [0.5, 0.6) is 0 Å². The minimum Gasteiger partial charge on any atom is -0.341 e. The molecule has 0 fully saturated rings. The van der Waals surface area contributed by atoms with E-state index >= 15 is 0 Å². The van der Waals surface area contributed by atoms with E-state index in [0.717, 1.165) is 45.9 Å². The molecule has 1 aromatic heterocycles. The number of hydrogen-bond acceptors (Lipinski definition) is 4. The molecule has 23 heavy (non-hydrogen) atoms. The Morgan fingerprint density at radius 1 is 1.00 bits per heavy atom. The van der Waals surface area contributed by atoms with Crippen molar-refractivity contribution >= 4 is 44.3 Å². The number of rotatable bonds is 5. The predicted molar refractivity (Wildman–Crippen MR) is 101 cm³/mol. The van der Waals surface area contributed by atoms with Crippen molar-refractivity contribution in [2.24, 2.45) is 0 Å². The molecule has 1 N–H and O–H groups in total. The Balaban J connectivity index is 2.13. The van der Waals surface area contributed by atoms with Gasteiger partial charge in [-0.25, -0.2) is 4.98 Å². The Kier molecular flexibility index (Phi) is 4.76. The Bertz CT molecular complexity index is 801. The maximum atomic E-state index is 4.76. The van der Waals surface area contributed by atoms with Gasteiger partial charge in [0.15, 0.2) is 0 Å². The third-order valence-electron chi connectivity index (χ3n) is 3.73. The molecule has 3 aromatic rings. The molecule has 0 aliphatic heterocycles. The van der Waals surface area contributed by atoms with Crippen molar-refractivity contribution in [2.75, 3.05) is 23.3 Å². The van der Waals surface area contributed by atoms with Crippen LogP contribution in [0.15, 0.2) is 53.0 Å². The number of anilines is 3. The highest BCUT2D eigenvalue weighted by atomic mass is 79.9. The zero-order valence-corrected chi connectivity index (χ0v) is 14.8. The largest absolute Gasteiger partial charge is 0.341 e. The lowest BCUT2D eigenvalue weighted by Gasteiger charge is -2.20. The quantitative estimate of drug-likeness (QED) is 0.687. The number of halogens is 1. The smallest absolute Gasteiger partial charge is 0.227 e. The average Bonchev–Trinajstić information content (AvgIpc) is 2.57. The van der Waals surface area contributed by atoms with Crippen molar-refractivity contribution in [1.29, 1.82) is 0 Å². The van der Waals surface area contributed by atoms with Crippen molar-refractivity contribution in [2.45, 2.75) is 13.8 Å². The van der Waals surface area contributed by atoms with Crippen molar-refractivity contribution in [1.82, 2.24) is 9.97 Å². The summed E-state index contributed by atoms with van der Waals surface area (Å²) in [5.41, 5.74) is 1.95. The molecule has 0 aliphatic carbocycles. The van der Waals surface area contributed by atoms with Crippen LogP contribution in [0.1, 0.15) is 13.8 Å². The van der Waals surface area contributed by atoms with Crippen LogP contribution in [-0.4, -0.2) is 23.1 Å². The van der Waals surface area contributed by atoms with Gasteiger partial charge in [-0.05, 0) is 44.2 Å². The van der Waals surface area contributed by atoms with Crippen LogP contribution >= 0.6 is 15.9 Å². The Morgan fingerprint density at radius 2 is 1.74 bits per heavy atom. The molecule has 2 aromatic carbocycles. The van der Waals surface area contributed by atoms with Gasteiger partial charge in [0.05, 0.1) is 5.52 Å². The van der Waals surface area contributed by atoms with Crippen LogP contribution in [0.25, 0.3) is 10.9 Å². The topological polar surface area (TPSA) is 41.1 Å². The summed E-state index contributed by atoms with van der Waals surface area (Å²) < 4.78 is 1.01. The molecule has 0 aliphatic rings. The van der Waals surface area contributed by atoms with Crippen molar-refractivity contribution in [3.05, 3.63) is 53.0 Å². The van der Waals surface area contributed by atoms with Crippen LogP contribution in [-0.2, 0) is 0 Å². The van der Waals surface area contributed by atoms with Gasteiger partial charge >= 0.3 is 0 Å². The molecule has 0 radical (unpaired) electrons. The summed E-state index contributed by atoms with van der Waals surface area (Å²) in [5, 5.41) is 4.42. The van der Waals surface area contributed by atoms with E-state index in [1.165, 1.54) is 0 Å². The first-order chi connectivity index (χ1) is 11.2. The molecule has 0 bridgehead atoms. The van der Waals surface area contributed by atoms with E-state index in [1.807, 2.05) is 48.5 Å². The number of nitrogens with zero attached hydrogens (tertiary/aromatic N) is 3. The number of nitrogens with one attached hydrogen (secondary N) is 1. The van der Waals surface area contributed by atoms with E-state index in [0.29, 0.717) is 0 Å². The summed E-state index contributed by atoms with van der Waals surface area (Å²) in [4.78, 5) is 11.6. The molecule has 0 saturated heterocycles. The zero-order chi connectivity index (χ0) is 16.2. The van der Waals surface area contributed by atoms with Crippen LogP contribution in [0.2, 0.25) is 0 Å². The van der Waals surface area contributed by atoms with Gasteiger partial charge in [-0.15, -0.1) is 0 Å². The highest BCUT2D eigenvalue weighted by Crippen LogP contribution is 2.28. The highest BCUT2D eigenvalue weighted by Gasteiger charge is 2.12. The van der Waals surface area contributed by atoms with Gasteiger partial charge in [0.1, 0.15) is 5.82 Å². The summed E-state index contributed by atoms with van der Waals surface area (Å²) in [5.74, 6) is 1.58. The monoisotopic (exact) mass is 370 g/mol. The van der Waals surface area contributed by atoms with Crippen LogP contribution in [0, 0.1) is 0 Å². The maximum Gasteiger partial charge on any atom is 0.227 e. The molecule has 0 saturated carbocycles. The van der Waals surface area contributed by atoms with Gasteiger partial charge < -0.3 is 10.2 Å². The molecule has 1 heterocycles. The first-order valence-electron chi connectivity index (χ1n) is 7.75. The number of aromatic nitrogens is 2. The lowest BCUT2D eigenvalue weighted by molar-refractivity contribution is 0.827. The van der Waals surface area contributed by atoms with Gasteiger partial charge in [-0.1, -0.05) is 34.1 Å². The minimum absolute atomic E-state index is 0.753. The molecule has 0 unspecified atom stereocenters. The fourth-order valence-corrected chi connectivity index (χ4v) is 2.85. The highest BCUT2D eigenvalue weighted by molar-refractivity contribution is 9.10. The summed E-state index contributed by atoms with van der Waals surface area (Å²) in [7, 11) is 0. The number of benzene rings is 2. The Labute approximate surface area is 144 Å². The lowest BCUT2D eigenvalue weighted by Crippen LogP contribution is -2.24. The molecule has 5 heteroatoms. The molecule has 3 rings (SSSR count). The molecule has 118 valence electrons. The zero-order valence-electron chi connectivity index (χ0n) is 13.3. The standard InChI is InChI=1S/C18H19BrN4/c1-3-23(4-2)18-21-16-11-10-13(19)12-15(16)17(22-18)20-14-8-6-5-7-9-14/h5-12H,3-4H2,1-2H3,(H,20,21,22). The fraction of sp³-hybridized carbons (Fsp3) is 0.222. The van der Waals surface area contributed by atoms with Gasteiger partial charge in [-0.2, -0.15) is 4.98 Å². The second-order valence-corrected chi connectivity index (χ2v) is 6.11. The van der Waals surface area contributed by atoms with E-state index in [1.54, 1.807) is 0 Å². The maximum absolute atomic E-state index is 4.76. The molecular formula is C18H19BrN4. The van der Waals surface area contributed by atoms with Gasteiger partial charge in [0.25, 0.3) is 0 Å². The van der Waals surface area contributed by atoms with Gasteiger partial charge in [-0.3, -0.25) is 0 Å². The second-order valence-electron chi connectivity index (χ2n) is 5.20. The first-order valence-corrected chi connectivity index (χ1v) is 8.55. The molecule has 4 nitrogen and oxygen atoms in total. The van der Waals surface area contributed by atoms with E-state index in [2.05, 4.69) is 40.0 Å². The second kappa shape index (κ2) is 6.96. The van der Waals surface area contributed by atoms with Gasteiger partial charge in [0.2, 0.25) is 5.95 Å². The summed E-state index contributed by atoms with van der Waals surface area (Å²) in [6.45, 7) is 5.98. The third kappa shape index (κ3) is 3.45. The minimum atomic E-state index is 0.753. The predicted octanol–water partition coefficient (Wildman–Crippen LogP) is 4.98. The molecule has 0 spiro atoms. The Hall–Kier alpha value is -2.14. The summed E-state index contributed by atoms with van der Waals surface area (Å²) >= 11 is 3.53. The van der Waals surface area contributed by atoms with Crippen LogP contribution < -0.4 is 10.2 Å².